The standard InChI is InChI=1S/C16H16ClNO4/c1-20-13-7-5-4-6-10(13)16(19)18-12-9-15(22-3)14(21-2)8-11(12)17/h4-9H,1-3H3,(H,18,19). The van der Waals surface area contributed by atoms with Crippen molar-refractivity contribution >= 4 is 23.2 Å². The van der Waals surface area contributed by atoms with Crippen LogP contribution >= 0.6 is 11.6 Å². The zero-order valence-electron chi connectivity index (χ0n) is 12.5. The Balaban J connectivity index is 2.32. The van der Waals surface area contributed by atoms with E-state index in [-0.39, 0.29) is 5.91 Å². The van der Waals surface area contributed by atoms with Crippen LogP contribution in [0.3, 0.4) is 0 Å². The minimum absolute atomic E-state index is 0.327. The highest BCUT2D eigenvalue weighted by Crippen LogP contribution is 2.36. The van der Waals surface area contributed by atoms with Crippen molar-refractivity contribution in [3.05, 3.63) is 47.0 Å². The third-order valence-corrected chi connectivity index (χ3v) is 3.39. The minimum atomic E-state index is -0.327. The van der Waals surface area contributed by atoms with Gasteiger partial charge < -0.3 is 19.5 Å². The molecule has 22 heavy (non-hydrogen) atoms. The van der Waals surface area contributed by atoms with Gasteiger partial charge in [-0.15, -0.1) is 0 Å². The Kier molecular flexibility index (Phi) is 5.12. The molecular formula is C16H16ClNO4. The number of nitrogens with one attached hydrogen (secondary N) is 1. The molecule has 6 heteroatoms. The third kappa shape index (κ3) is 3.26. The van der Waals surface area contributed by atoms with Crippen molar-refractivity contribution in [3.8, 4) is 17.2 Å². The number of ether oxygens (including phenoxy) is 3. The lowest BCUT2D eigenvalue weighted by Gasteiger charge is -2.13. The molecule has 1 N–H and O–H groups in total. The maximum absolute atomic E-state index is 12.4. The van der Waals surface area contributed by atoms with Gasteiger partial charge in [0.15, 0.2) is 11.5 Å². The molecule has 1 amide bonds. The summed E-state index contributed by atoms with van der Waals surface area (Å²) >= 11 is 6.16. The summed E-state index contributed by atoms with van der Waals surface area (Å²) in [6.45, 7) is 0. The van der Waals surface area contributed by atoms with Gasteiger partial charge in [-0.05, 0) is 12.1 Å². The maximum atomic E-state index is 12.4. The van der Waals surface area contributed by atoms with E-state index in [1.807, 2.05) is 0 Å². The smallest absolute Gasteiger partial charge is 0.259 e. The number of methoxy groups -OCH3 is 3. The second-order valence-electron chi connectivity index (χ2n) is 4.34. The average Bonchev–Trinajstić information content (AvgIpc) is 2.56. The molecule has 0 fully saturated rings. The van der Waals surface area contributed by atoms with E-state index in [4.69, 9.17) is 25.8 Å². The molecule has 2 aromatic carbocycles. The summed E-state index contributed by atoms with van der Waals surface area (Å²) in [6, 6.07) is 10.1. The maximum Gasteiger partial charge on any atom is 0.259 e. The molecule has 0 aliphatic rings. The van der Waals surface area contributed by atoms with Crippen LogP contribution in [0.4, 0.5) is 5.69 Å². The van der Waals surface area contributed by atoms with Gasteiger partial charge in [0.1, 0.15) is 5.75 Å². The van der Waals surface area contributed by atoms with E-state index in [1.165, 1.54) is 21.3 Å². The number of hydrogen-bond acceptors (Lipinski definition) is 4. The Hall–Kier alpha value is -2.40. The van der Waals surface area contributed by atoms with Gasteiger partial charge in [0.25, 0.3) is 5.91 Å². The first-order chi connectivity index (χ1) is 10.6. The van der Waals surface area contributed by atoms with Crippen molar-refractivity contribution in [2.45, 2.75) is 0 Å². The predicted molar refractivity (Wildman–Crippen MR) is 85.5 cm³/mol. The zero-order chi connectivity index (χ0) is 16.1. The molecule has 0 heterocycles. The van der Waals surface area contributed by atoms with E-state index in [0.717, 1.165) is 0 Å². The second kappa shape index (κ2) is 7.04. The molecule has 0 spiro atoms. The van der Waals surface area contributed by atoms with Gasteiger partial charge in [0.05, 0.1) is 37.6 Å². The van der Waals surface area contributed by atoms with E-state index >= 15 is 0 Å². The Morgan fingerprint density at radius 2 is 1.55 bits per heavy atom. The van der Waals surface area contributed by atoms with Crippen LogP contribution in [0.2, 0.25) is 5.02 Å². The number of carbonyl (C=O) groups is 1. The first-order valence-electron chi connectivity index (χ1n) is 6.46. The lowest BCUT2D eigenvalue weighted by atomic mass is 10.2. The monoisotopic (exact) mass is 321 g/mol. The number of rotatable bonds is 5. The molecule has 5 nitrogen and oxygen atoms in total. The van der Waals surface area contributed by atoms with Crippen LogP contribution in [0.5, 0.6) is 17.2 Å². The molecule has 0 saturated heterocycles. The number of halogens is 1. The van der Waals surface area contributed by atoms with Gasteiger partial charge in [-0.3, -0.25) is 4.79 Å². The molecular weight excluding hydrogens is 306 g/mol. The summed E-state index contributed by atoms with van der Waals surface area (Å²) < 4.78 is 15.5. The lowest BCUT2D eigenvalue weighted by Crippen LogP contribution is -2.13. The Morgan fingerprint density at radius 1 is 0.955 bits per heavy atom. The summed E-state index contributed by atoms with van der Waals surface area (Å²) in [5.41, 5.74) is 0.839. The SMILES string of the molecule is COc1cc(Cl)c(NC(=O)c2ccccc2OC)cc1OC. The molecule has 0 aliphatic heterocycles. The van der Waals surface area contributed by atoms with Gasteiger partial charge in [-0.2, -0.15) is 0 Å². The predicted octanol–water partition coefficient (Wildman–Crippen LogP) is 3.62. The van der Waals surface area contributed by atoms with E-state index in [0.29, 0.717) is 33.5 Å². The van der Waals surface area contributed by atoms with Gasteiger partial charge in [0.2, 0.25) is 0 Å². The normalized spacial score (nSPS) is 10.0. The van der Waals surface area contributed by atoms with E-state index < -0.39 is 0 Å². The molecule has 116 valence electrons. The Labute approximate surface area is 133 Å². The van der Waals surface area contributed by atoms with Crippen molar-refractivity contribution in [3.63, 3.8) is 0 Å². The first kappa shape index (κ1) is 16.0. The van der Waals surface area contributed by atoms with Crippen LogP contribution in [0, 0.1) is 0 Å². The fraction of sp³-hybridized carbons (Fsp3) is 0.188. The highest BCUT2D eigenvalue weighted by molar-refractivity contribution is 6.34. The molecule has 0 bridgehead atoms. The number of hydrogen-bond donors (Lipinski definition) is 1. The Bertz CT molecular complexity index is 688. The summed E-state index contributed by atoms with van der Waals surface area (Å²) in [5, 5.41) is 3.09. The van der Waals surface area contributed by atoms with Crippen molar-refractivity contribution < 1.29 is 19.0 Å². The summed E-state index contributed by atoms with van der Waals surface area (Å²) in [7, 11) is 4.54. The van der Waals surface area contributed by atoms with Crippen LogP contribution in [0.25, 0.3) is 0 Å². The second-order valence-corrected chi connectivity index (χ2v) is 4.75. The zero-order valence-corrected chi connectivity index (χ0v) is 13.2. The molecule has 2 rings (SSSR count). The molecule has 0 radical (unpaired) electrons. The van der Waals surface area contributed by atoms with Crippen molar-refractivity contribution in [2.24, 2.45) is 0 Å². The third-order valence-electron chi connectivity index (χ3n) is 3.07. The molecule has 2 aromatic rings. The molecule has 0 aliphatic carbocycles. The van der Waals surface area contributed by atoms with E-state index in [2.05, 4.69) is 5.32 Å². The van der Waals surface area contributed by atoms with Crippen LogP contribution in [-0.2, 0) is 0 Å². The number of carbonyl (C=O) groups excluding carboxylic acids is 1. The highest BCUT2D eigenvalue weighted by atomic mass is 35.5. The first-order valence-corrected chi connectivity index (χ1v) is 6.84. The minimum Gasteiger partial charge on any atom is -0.496 e. The van der Waals surface area contributed by atoms with Gasteiger partial charge >= 0.3 is 0 Å². The molecule has 0 aromatic heterocycles. The van der Waals surface area contributed by atoms with Gasteiger partial charge in [0, 0.05) is 12.1 Å². The van der Waals surface area contributed by atoms with Gasteiger partial charge in [-0.25, -0.2) is 0 Å². The quantitative estimate of drug-likeness (QED) is 0.914. The van der Waals surface area contributed by atoms with Crippen LogP contribution in [-0.4, -0.2) is 27.2 Å². The van der Waals surface area contributed by atoms with Crippen molar-refractivity contribution in [2.75, 3.05) is 26.6 Å². The fourth-order valence-corrected chi connectivity index (χ4v) is 2.17. The van der Waals surface area contributed by atoms with Crippen LogP contribution in [0.15, 0.2) is 36.4 Å². The summed E-state index contributed by atoms with van der Waals surface area (Å²) in [5.74, 6) is 1.12. The van der Waals surface area contributed by atoms with Crippen LogP contribution < -0.4 is 19.5 Å². The molecule has 0 unspecified atom stereocenters. The lowest BCUT2D eigenvalue weighted by molar-refractivity contribution is 0.102. The number of para-hydroxylation sites is 1. The topological polar surface area (TPSA) is 56.8 Å². The van der Waals surface area contributed by atoms with E-state index in [9.17, 15) is 4.79 Å². The van der Waals surface area contributed by atoms with Crippen molar-refractivity contribution in [1.29, 1.82) is 0 Å². The number of benzene rings is 2. The average molecular weight is 322 g/mol. The molecule has 0 saturated carbocycles. The highest BCUT2D eigenvalue weighted by Gasteiger charge is 2.15. The summed E-state index contributed by atoms with van der Waals surface area (Å²) in [4.78, 5) is 12.4. The molecule has 0 atom stereocenters. The summed E-state index contributed by atoms with van der Waals surface area (Å²) in [6.07, 6.45) is 0. The van der Waals surface area contributed by atoms with Crippen LogP contribution in [0.1, 0.15) is 10.4 Å². The van der Waals surface area contributed by atoms with Gasteiger partial charge in [-0.1, -0.05) is 23.7 Å². The fourth-order valence-electron chi connectivity index (χ4n) is 1.97. The van der Waals surface area contributed by atoms with E-state index in [1.54, 1.807) is 36.4 Å². The number of amides is 1. The van der Waals surface area contributed by atoms with Crippen molar-refractivity contribution in [1.82, 2.24) is 0 Å². The Morgan fingerprint density at radius 3 is 2.18 bits per heavy atom. The largest absolute Gasteiger partial charge is 0.496 e. The number of anilines is 1.